The van der Waals surface area contributed by atoms with E-state index >= 15 is 0 Å². The molecule has 0 aliphatic heterocycles. The van der Waals surface area contributed by atoms with Crippen molar-refractivity contribution in [3.05, 3.63) is 28.0 Å². The number of nitriles is 2. The number of pyridine rings is 1. The number of hydrogen-bond acceptors (Lipinski definition) is 3. The third kappa shape index (κ3) is 2.39. The molecule has 0 aromatic carbocycles. The average molecular weight is 228 g/mol. The smallest absolute Gasteiger partial charge is 0.238 e. The lowest BCUT2D eigenvalue weighted by molar-refractivity contribution is 0.150. The zero-order valence-corrected chi connectivity index (χ0v) is 8.09. The molecule has 0 N–H and O–H groups in total. The summed E-state index contributed by atoms with van der Waals surface area (Å²) in [6, 6.07) is 4.32. The molecule has 6 heteroatoms. The second-order valence-corrected chi connectivity index (χ2v) is 2.97. The van der Waals surface area contributed by atoms with Crippen molar-refractivity contribution < 1.29 is 8.78 Å². The minimum atomic E-state index is -2.77. The maximum Gasteiger partial charge on any atom is 0.265 e. The second kappa shape index (κ2) is 4.68. The van der Waals surface area contributed by atoms with Crippen LogP contribution in [0.4, 0.5) is 8.78 Å². The largest absolute Gasteiger partial charge is 0.265 e. The number of alkyl halides is 2. The fourth-order valence-corrected chi connectivity index (χ4v) is 1.22. The highest BCUT2D eigenvalue weighted by molar-refractivity contribution is 6.30. The fourth-order valence-electron chi connectivity index (χ4n) is 1.03. The lowest BCUT2D eigenvalue weighted by Gasteiger charge is -2.06. The average Bonchev–Trinajstić information content (AvgIpc) is 2.18. The maximum atomic E-state index is 12.5. The van der Waals surface area contributed by atoms with Gasteiger partial charge in [0.05, 0.1) is 23.7 Å². The van der Waals surface area contributed by atoms with E-state index in [4.69, 9.17) is 22.1 Å². The van der Waals surface area contributed by atoms with Crippen molar-refractivity contribution in [3.8, 4) is 12.1 Å². The van der Waals surface area contributed by atoms with E-state index in [1.165, 1.54) is 0 Å². The molecule has 3 nitrogen and oxygen atoms in total. The summed E-state index contributed by atoms with van der Waals surface area (Å²) in [6.07, 6.45) is -3.03. The Morgan fingerprint density at radius 3 is 2.60 bits per heavy atom. The zero-order chi connectivity index (χ0) is 11.4. The summed E-state index contributed by atoms with van der Waals surface area (Å²) >= 11 is 5.55. The molecule has 1 heterocycles. The Morgan fingerprint density at radius 1 is 1.47 bits per heavy atom. The van der Waals surface area contributed by atoms with Gasteiger partial charge in [0.25, 0.3) is 6.43 Å². The summed E-state index contributed by atoms with van der Waals surface area (Å²) in [5.41, 5.74) is -0.623. The van der Waals surface area contributed by atoms with Crippen molar-refractivity contribution in [1.82, 2.24) is 4.98 Å². The van der Waals surface area contributed by atoms with Gasteiger partial charge in [-0.2, -0.15) is 10.5 Å². The molecule has 0 aliphatic rings. The fraction of sp³-hybridized carbons (Fsp3) is 0.222. The van der Waals surface area contributed by atoms with Gasteiger partial charge in [-0.25, -0.2) is 13.8 Å². The molecule has 15 heavy (non-hydrogen) atoms. The van der Waals surface area contributed by atoms with E-state index in [0.717, 1.165) is 6.07 Å². The molecule has 76 valence electrons. The van der Waals surface area contributed by atoms with Gasteiger partial charge in [-0.1, -0.05) is 11.6 Å². The van der Waals surface area contributed by atoms with Gasteiger partial charge in [0.1, 0.15) is 11.2 Å². The molecule has 0 saturated carbocycles. The number of rotatable bonds is 2. The van der Waals surface area contributed by atoms with Crippen LogP contribution < -0.4 is 0 Å². The summed E-state index contributed by atoms with van der Waals surface area (Å²) < 4.78 is 25.0. The first kappa shape index (κ1) is 11.4. The van der Waals surface area contributed by atoms with Crippen LogP contribution in [0.2, 0.25) is 5.15 Å². The Morgan fingerprint density at radius 2 is 2.13 bits per heavy atom. The molecule has 1 aromatic rings. The predicted octanol–water partition coefficient (Wildman–Crippen LogP) is 2.61. The van der Waals surface area contributed by atoms with E-state index in [0.29, 0.717) is 0 Å². The van der Waals surface area contributed by atoms with E-state index < -0.39 is 12.0 Å². The first-order valence-corrected chi connectivity index (χ1v) is 4.22. The minimum absolute atomic E-state index is 0.0866. The monoisotopic (exact) mass is 227 g/mol. The minimum Gasteiger partial charge on any atom is -0.238 e. The van der Waals surface area contributed by atoms with Crippen LogP contribution in [-0.4, -0.2) is 4.98 Å². The van der Waals surface area contributed by atoms with E-state index in [2.05, 4.69) is 4.98 Å². The molecule has 0 saturated heterocycles. The van der Waals surface area contributed by atoms with Crippen molar-refractivity contribution in [2.75, 3.05) is 0 Å². The summed E-state index contributed by atoms with van der Waals surface area (Å²) in [6.45, 7) is 0. The van der Waals surface area contributed by atoms with Crippen LogP contribution in [0.25, 0.3) is 0 Å². The van der Waals surface area contributed by atoms with Crippen molar-refractivity contribution >= 4 is 11.6 Å². The summed E-state index contributed by atoms with van der Waals surface area (Å²) in [4.78, 5) is 3.60. The van der Waals surface area contributed by atoms with Crippen molar-refractivity contribution in [1.29, 1.82) is 10.5 Å². The van der Waals surface area contributed by atoms with E-state index in [9.17, 15) is 8.78 Å². The highest BCUT2D eigenvalue weighted by Crippen LogP contribution is 2.26. The lowest BCUT2D eigenvalue weighted by Crippen LogP contribution is -2.00. The number of hydrogen-bond donors (Lipinski definition) is 0. The number of aromatic nitrogens is 1. The molecule has 1 rings (SSSR count). The van der Waals surface area contributed by atoms with Crippen LogP contribution in [-0.2, 0) is 6.42 Å². The van der Waals surface area contributed by atoms with Crippen molar-refractivity contribution in [2.45, 2.75) is 12.8 Å². The highest BCUT2D eigenvalue weighted by Gasteiger charge is 2.17. The van der Waals surface area contributed by atoms with Gasteiger partial charge in [-0.3, -0.25) is 0 Å². The molecule has 0 radical (unpaired) electrons. The van der Waals surface area contributed by atoms with Crippen LogP contribution >= 0.6 is 11.6 Å². The summed E-state index contributed by atoms with van der Waals surface area (Å²) in [7, 11) is 0. The standard InChI is InChI=1S/C9H4ClF2N3/c10-8-5(4-14)3-6(9(11)12)7(15-8)1-2-13/h3,9H,1H2. The summed E-state index contributed by atoms with van der Waals surface area (Å²) in [5.74, 6) is 0. The molecule has 0 unspecified atom stereocenters. The zero-order valence-electron chi connectivity index (χ0n) is 7.34. The molecular weight excluding hydrogens is 224 g/mol. The maximum absolute atomic E-state index is 12.5. The van der Waals surface area contributed by atoms with Gasteiger partial charge in [-0.15, -0.1) is 0 Å². The SMILES string of the molecule is N#CCc1nc(Cl)c(C#N)cc1C(F)F. The van der Waals surface area contributed by atoms with E-state index in [1.807, 2.05) is 0 Å². The normalized spacial score (nSPS) is 9.73. The third-order valence-corrected chi connectivity index (χ3v) is 1.98. The second-order valence-electron chi connectivity index (χ2n) is 2.61. The Kier molecular flexibility index (Phi) is 3.54. The quantitative estimate of drug-likeness (QED) is 0.730. The Labute approximate surface area is 89.5 Å². The van der Waals surface area contributed by atoms with Crippen LogP contribution in [0.3, 0.4) is 0 Å². The van der Waals surface area contributed by atoms with E-state index in [1.54, 1.807) is 12.1 Å². The molecule has 0 spiro atoms. The van der Waals surface area contributed by atoms with Gasteiger partial charge < -0.3 is 0 Å². The molecule has 0 bridgehead atoms. The van der Waals surface area contributed by atoms with Crippen molar-refractivity contribution in [2.24, 2.45) is 0 Å². The van der Waals surface area contributed by atoms with Gasteiger partial charge >= 0.3 is 0 Å². The Bertz CT molecular complexity index is 460. The van der Waals surface area contributed by atoms with Crippen LogP contribution in [0, 0.1) is 22.7 Å². The van der Waals surface area contributed by atoms with Crippen LogP contribution in [0.5, 0.6) is 0 Å². The molecule has 0 aliphatic carbocycles. The van der Waals surface area contributed by atoms with Gasteiger partial charge in [-0.05, 0) is 6.07 Å². The summed E-state index contributed by atoms with van der Waals surface area (Å²) in [5, 5.41) is 16.8. The molecule has 1 aromatic heterocycles. The van der Waals surface area contributed by atoms with Crippen molar-refractivity contribution in [3.63, 3.8) is 0 Å². The predicted molar refractivity (Wildman–Crippen MR) is 48.2 cm³/mol. The Balaban J connectivity index is 3.35. The first-order valence-electron chi connectivity index (χ1n) is 3.84. The highest BCUT2D eigenvalue weighted by atomic mass is 35.5. The number of nitrogens with zero attached hydrogens (tertiary/aromatic N) is 3. The lowest BCUT2D eigenvalue weighted by atomic mass is 10.1. The molecule has 0 fully saturated rings. The topological polar surface area (TPSA) is 60.5 Å². The van der Waals surface area contributed by atoms with Gasteiger partial charge in [0, 0.05) is 5.56 Å². The van der Waals surface area contributed by atoms with Crippen LogP contribution in [0.1, 0.15) is 23.2 Å². The third-order valence-electron chi connectivity index (χ3n) is 1.69. The van der Waals surface area contributed by atoms with Gasteiger partial charge in [0.2, 0.25) is 0 Å². The molecule has 0 atom stereocenters. The Hall–Kier alpha value is -1.72. The van der Waals surface area contributed by atoms with E-state index in [-0.39, 0.29) is 22.8 Å². The first-order chi connectivity index (χ1) is 7.10. The van der Waals surface area contributed by atoms with Crippen LogP contribution in [0.15, 0.2) is 6.07 Å². The molecule has 0 amide bonds. The molecular formula is C9H4ClF2N3. The van der Waals surface area contributed by atoms with Gasteiger partial charge in [0.15, 0.2) is 0 Å². The number of halogens is 3.